The third-order valence-corrected chi connectivity index (χ3v) is 13.6. The number of aryl methyl sites for hydroxylation is 2. The van der Waals surface area contributed by atoms with Crippen molar-refractivity contribution in [3.05, 3.63) is 130 Å². The van der Waals surface area contributed by atoms with Gasteiger partial charge in [0.25, 0.3) is 0 Å². The minimum atomic E-state index is -0.908. The molecule has 0 fully saturated rings. The summed E-state index contributed by atoms with van der Waals surface area (Å²) in [6.07, 6.45) is 28.1. The van der Waals surface area contributed by atoms with Crippen molar-refractivity contribution in [2.45, 2.75) is 155 Å². The molecule has 0 amide bonds. The van der Waals surface area contributed by atoms with E-state index in [1.165, 1.54) is 155 Å². The number of hydrogen-bond acceptors (Lipinski definition) is 8. The van der Waals surface area contributed by atoms with Crippen LogP contribution in [0.25, 0.3) is 44.5 Å². The fourth-order valence-electron chi connectivity index (χ4n) is 9.57. The van der Waals surface area contributed by atoms with Gasteiger partial charge < -0.3 is 18.9 Å². The van der Waals surface area contributed by atoms with E-state index in [-0.39, 0.29) is 33.4 Å². The van der Waals surface area contributed by atoms with Crippen molar-refractivity contribution in [1.29, 1.82) is 0 Å². The molecule has 0 aliphatic heterocycles. The third kappa shape index (κ3) is 15.5. The second-order valence-corrected chi connectivity index (χ2v) is 18.6. The molecular weight excluding hydrogens is 873 g/mol. The van der Waals surface area contributed by atoms with Crippen molar-refractivity contribution in [2.75, 3.05) is 28.4 Å². The van der Waals surface area contributed by atoms with Crippen molar-refractivity contribution in [2.24, 2.45) is 0 Å². The van der Waals surface area contributed by atoms with Gasteiger partial charge in [-0.1, -0.05) is 226 Å². The smallest absolute Gasteiger partial charge is 0.339 e. The molecule has 0 heterocycles. The molecule has 0 bridgehead atoms. The first-order chi connectivity index (χ1) is 34.2. The quantitative estimate of drug-likeness (QED) is 0.0255. The van der Waals surface area contributed by atoms with E-state index < -0.39 is 23.9 Å². The summed E-state index contributed by atoms with van der Waals surface area (Å²) in [7, 11) is 4.78. The van der Waals surface area contributed by atoms with E-state index in [2.05, 4.69) is 62.4 Å². The topological polar surface area (TPSA) is 105 Å². The lowest BCUT2D eigenvalue weighted by Crippen LogP contribution is -2.23. The second-order valence-electron chi connectivity index (χ2n) is 18.6. The van der Waals surface area contributed by atoms with Gasteiger partial charge in [0, 0.05) is 11.1 Å². The van der Waals surface area contributed by atoms with Crippen LogP contribution in [0.5, 0.6) is 0 Å². The Kier molecular flexibility index (Phi) is 23.4. The molecule has 0 aromatic heterocycles. The largest absolute Gasteiger partial charge is 0.465 e. The SMILES string of the molecule is CCCCCCCCCCCCc1ccc(-c2ccc(-c3c(C(=O)OC)c(C(=O)OC)c(-c4ccc(-c5ccc(CCCCCCCCCCCC)cc5)cc4)c(C(=O)OC)c3C(=O)OC)cc2)cc1. The molecule has 70 heavy (non-hydrogen) atoms. The summed E-state index contributed by atoms with van der Waals surface area (Å²) in [5.74, 6) is -3.63. The average molecular weight is 951 g/mol. The van der Waals surface area contributed by atoms with Crippen LogP contribution < -0.4 is 0 Å². The average Bonchev–Trinajstić information content (AvgIpc) is 3.40. The van der Waals surface area contributed by atoms with E-state index in [1.807, 2.05) is 24.3 Å². The van der Waals surface area contributed by atoms with E-state index in [1.54, 1.807) is 24.3 Å². The normalized spacial score (nSPS) is 11.1. The Hall–Kier alpha value is -6.02. The summed E-state index contributed by atoms with van der Waals surface area (Å²) >= 11 is 0. The Labute approximate surface area is 418 Å². The Balaban J connectivity index is 1.41. The number of methoxy groups -OCH3 is 4. The summed E-state index contributed by atoms with van der Waals surface area (Å²) < 4.78 is 21.3. The van der Waals surface area contributed by atoms with Crippen LogP contribution in [0.2, 0.25) is 0 Å². The van der Waals surface area contributed by atoms with Gasteiger partial charge >= 0.3 is 23.9 Å². The maximum atomic E-state index is 14.1. The second kappa shape index (κ2) is 29.9. The van der Waals surface area contributed by atoms with Crippen molar-refractivity contribution in [3.8, 4) is 44.5 Å². The molecule has 0 atom stereocenters. The summed E-state index contributed by atoms with van der Waals surface area (Å²) in [5, 5.41) is 0. The van der Waals surface area contributed by atoms with Gasteiger partial charge in [-0.15, -0.1) is 0 Å². The van der Waals surface area contributed by atoms with Crippen molar-refractivity contribution >= 4 is 23.9 Å². The monoisotopic (exact) mass is 951 g/mol. The minimum absolute atomic E-state index is 0.0174. The van der Waals surface area contributed by atoms with E-state index >= 15 is 0 Å². The zero-order valence-electron chi connectivity index (χ0n) is 43.1. The van der Waals surface area contributed by atoms with Gasteiger partial charge in [0.2, 0.25) is 0 Å². The first-order valence-corrected chi connectivity index (χ1v) is 26.2. The van der Waals surface area contributed by atoms with E-state index in [0.29, 0.717) is 11.1 Å². The van der Waals surface area contributed by atoms with Gasteiger partial charge in [-0.05, 0) is 70.2 Å². The Morgan fingerprint density at radius 1 is 0.286 bits per heavy atom. The molecule has 5 aromatic rings. The highest BCUT2D eigenvalue weighted by Gasteiger charge is 2.38. The standard InChI is InChI=1S/C62H78O8/c1-7-9-11-13-15-17-19-21-23-25-27-45-29-33-47(34-30-45)49-37-41-51(42-38-49)53-55(59(63)67-3)57(61(65)69-5)54(58(62(66)70-6)56(53)60(64)68-4)52-43-39-50(40-44-52)48-35-31-46(32-36-48)28-26-24-22-20-18-16-14-12-10-8-2/h29-44H,7-28H2,1-6H3. The maximum Gasteiger partial charge on any atom is 0.339 e. The Morgan fingerprint density at radius 3 is 0.714 bits per heavy atom. The molecule has 8 nitrogen and oxygen atoms in total. The zero-order chi connectivity index (χ0) is 50.1. The zero-order valence-corrected chi connectivity index (χ0v) is 43.1. The van der Waals surface area contributed by atoms with E-state index in [4.69, 9.17) is 18.9 Å². The van der Waals surface area contributed by atoms with Crippen LogP contribution in [0.1, 0.15) is 195 Å². The minimum Gasteiger partial charge on any atom is -0.465 e. The first-order valence-electron chi connectivity index (χ1n) is 26.2. The Morgan fingerprint density at radius 2 is 0.486 bits per heavy atom. The predicted molar refractivity (Wildman–Crippen MR) is 285 cm³/mol. The highest BCUT2D eigenvalue weighted by atomic mass is 16.5. The third-order valence-electron chi connectivity index (χ3n) is 13.6. The molecule has 0 N–H and O–H groups in total. The fourth-order valence-corrected chi connectivity index (χ4v) is 9.57. The van der Waals surface area contributed by atoms with Crippen molar-refractivity contribution < 1.29 is 38.1 Å². The van der Waals surface area contributed by atoms with Crippen LogP contribution in [0.4, 0.5) is 0 Å². The number of carbonyl (C=O) groups is 4. The highest BCUT2D eigenvalue weighted by molar-refractivity contribution is 6.22. The summed E-state index contributed by atoms with van der Waals surface area (Å²) in [6, 6.07) is 31.5. The molecule has 0 unspecified atom stereocenters. The van der Waals surface area contributed by atoms with E-state index in [0.717, 1.165) is 47.9 Å². The number of benzene rings is 5. The van der Waals surface area contributed by atoms with Crippen LogP contribution in [-0.2, 0) is 31.8 Å². The van der Waals surface area contributed by atoms with Crippen LogP contribution in [0.15, 0.2) is 97.1 Å². The molecule has 0 aliphatic rings. The summed E-state index contributed by atoms with van der Waals surface area (Å²) in [4.78, 5) is 56.3. The molecule has 5 aromatic carbocycles. The van der Waals surface area contributed by atoms with E-state index in [9.17, 15) is 19.2 Å². The molecule has 0 aliphatic carbocycles. The van der Waals surface area contributed by atoms with Gasteiger partial charge in [0.15, 0.2) is 0 Å². The molecule has 374 valence electrons. The molecule has 0 radical (unpaired) electrons. The number of unbranched alkanes of at least 4 members (excludes halogenated alkanes) is 18. The number of rotatable bonds is 30. The molecular formula is C62H78O8. The molecule has 5 rings (SSSR count). The van der Waals surface area contributed by atoms with Gasteiger partial charge in [-0.25, -0.2) is 19.2 Å². The molecule has 0 saturated carbocycles. The predicted octanol–water partition coefficient (Wildman–Crippen LogP) is 16.4. The van der Waals surface area contributed by atoms with Gasteiger partial charge in [-0.2, -0.15) is 0 Å². The number of ether oxygens (including phenoxy) is 4. The molecule has 0 spiro atoms. The first kappa shape index (κ1) is 54.9. The van der Waals surface area contributed by atoms with Crippen LogP contribution in [0, 0.1) is 0 Å². The van der Waals surface area contributed by atoms with Crippen molar-refractivity contribution in [3.63, 3.8) is 0 Å². The van der Waals surface area contributed by atoms with Gasteiger partial charge in [-0.3, -0.25) is 0 Å². The maximum absolute atomic E-state index is 14.1. The lowest BCUT2D eigenvalue weighted by Gasteiger charge is -2.23. The fraction of sp³-hybridized carbons (Fsp3) is 0.452. The van der Waals surface area contributed by atoms with Crippen LogP contribution in [-0.4, -0.2) is 52.3 Å². The number of hydrogen-bond donors (Lipinski definition) is 0. The van der Waals surface area contributed by atoms with Crippen molar-refractivity contribution in [1.82, 2.24) is 0 Å². The number of carbonyl (C=O) groups excluding carboxylic acids is 4. The highest BCUT2D eigenvalue weighted by Crippen LogP contribution is 2.43. The molecule has 8 heteroatoms. The summed E-state index contributed by atoms with van der Waals surface area (Å²) in [6.45, 7) is 4.51. The number of esters is 4. The van der Waals surface area contributed by atoms with Crippen LogP contribution in [0.3, 0.4) is 0 Å². The van der Waals surface area contributed by atoms with Gasteiger partial charge in [0.05, 0.1) is 50.7 Å². The lowest BCUT2D eigenvalue weighted by molar-refractivity contribution is 0.0542. The Bertz CT molecular complexity index is 2170. The summed E-state index contributed by atoms with van der Waals surface area (Å²) in [5.41, 5.74) is 6.07. The molecule has 0 saturated heterocycles. The lowest BCUT2D eigenvalue weighted by atomic mass is 9.80. The van der Waals surface area contributed by atoms with Gasteiger partial charge in [0.1, 0.15) is 0 Å². The van der Waals surface area contributed by atoms with Crippen LogP contribution >= 0.6 is 0 Å².